The molecule has 0 bridgehead atoms. The zero-order valence-corrected chi connectivity index (χ0v) is 12.6. The Balaban J connectivity index is 2.10. The molecule has 0 fully saturated rings. The highest BCUT2D eigenvalue weighted by Gasteiger charge is 2.14. The lowest BCUT2D eigenvalue weighted by atomic mass is 9.89. The van der Waals surface area contributed by atoms with Gasteiger partial charge in [0.15, 0.2) is 0 Å². The number of hydrogen-bond donors (Lipinski definition) is 1. The topological polar surface area (TPSA) is 26.0 Å². The molecule has 3 rings (SSSR count). The first-order chi connectivity index (χ1) is 10.0. The van der Waals surface area contributed by atoms with E-state index in [1.807, 2.05) is 0 Å². The van der Waals surface area contributed by atoms with E-state index in [1.54, 1.807) is 0 Å². The highest BCUT2D eigenvalue weighted by Crippen LogP contribution is 2.28. The van der Waals surface area contributed by atoms with Crippen molar-refractivity contribution in [2.45, 2.75) is 25.8 Å². The van der Waals surface area contributed by atoms with Gasteiger partial charge in [0.2, 0.25) is 0 Å². The molecule has 0 unspecified atom stereocenters. The minimum atomic E-state index is -0.201. The molecule has 0 heterocycles. The van der Waals surface area contributed by atoms with E-state index in [4.69, 9.17) is 5.73 Å². The van der Waals surface area contributed by atoms with Crippen molar-refractivity contribution in [3.8, 4) is 11.1 Å². The molecule has 0 saturated heterocycles. The average molecular weight is 275 g/mol. The van der Waals surface area contributed by atoms with Gasteiger partial charge in [0.05, 0.1) is 0 Å². The van der Waals surface area contributed by atoms with Crippen molar-refractivity contribution < 1.29 is 0 Å². The number of benzene rings is 3. The van der Waals surface area contributed by atoms with Gasteiger partial charge in [0, 0.05) is 5.54 Å². The largest absolute Gasteiger partial charge is 0.325 e. The summed E-state index contributed by atoms with van der Waals surface area (Å²) >= 11 is 0. The van der Waals surface area contributed by atoms with Gasteiger partial charge in [0.25, 0.3) is 0 Å². The van der Waals surface area contributed by atoms with Crippen molar-refractivity contribution in [1.29, 1.82) is 0 Å². The van der Waals surface area contributed by atoms with Crippen LogP contribution in [0, 0.1) is 0 Å². The van der Waals surface area contributed by atoms with Gasteiger partial charge in [0.1, 0.15) is 0 Å². The lowest BCUT2D eigenvalue weighted by Crippen LogP contribution is -2.34. The summed E-state index contributed by atoms with van der Waals surface area (Å²) in [5.74, 6) is 0. The molecule has 0 aromatic heterocycles. The summed E-state index contributed by atoms with van der Waals surface area (Å²) in [6.07, 6.45) is 0.871. The van der Waals surface area contributed by atoms with E-state index < -0.39 is 0 Å². The molecule has 0 amide bonds. The molecule has 0 aliphatic heterocycles. The molecule has 3 aromatic rings. The molecule has 21 heavy (non-hydrogen) atoms. The summed E-state index contributed by atoms with van der Waals surface area (Å²) in [5, 5.41) is 2.55. The van der Waals surface area contributed by atoms with E-state index in [0.717, 1.165) is 6.42 Å². The van der Waals surface area contributed by atoms with Crippen LogP contribution in [0.4, 0.5) is 0 Å². The fourth-order valence-electron chi connectivity index (χ4n) is 2.80. The predicted octanol–water partition coefficient (Wildman–Crippen LogP) is 4.79. The van der Waals surface area contributed by atoms with E-state index in [9.17, 15) is 0 Å². The molecule has 0 aliphatic carbocycles. The second-order valence-electron chi connectivity index (χ2n) is 6.38. The minimum absolute atomic E-state index is 0.201. The maximum atomic E-state index is 6.20. The van der Waals surface area contributed by atoms with Crippen LogP contribution in [0.3, 0.4) is 0 Å². The molecule has 2 N–H and O–H groups in total. The van der Waals surface area contributed by atoms with Gasteiger partial charge < -0.3 is 5.73 Å². The molecule has 1 nitrogen and oxygen atoms in total. The monoisotopic (exact) mass is 275 g/mol. The predicted molar refractivity (Wildman–Crippen MR) is 91.4 cm³/mol. The molecule has 0 radical (unpaired) electrons. The van der Waals surface area contributed by atoms with Gasteiger partial charge in [-0.15, -0.1) is 0 Å². The Kier molecular flexibility index (Phi) is 3.52. The number of nitrogens with two attached hydrogens (primary N) is 1. The van der Waals surface area contributed by atoms with Gasteiger partial charge in [-0.05, 0) is 53.8 Å². The summed E-state index contributed by atoms with van der Waals surface area (Å²) in [5.41, 5.74) is 9.85. The number of fused-ring (bicyclic) bond motifs is 1. The van der Waals surface area contributed by atoms with Gasteiger partial charge in [-0.3, -0.25) is 0 Å². The lowest BCUT2D eigenvalue weighted by Gasteiger charge is -2.20. The summed E-state index contributed by atoms with van der Waals surface area (Å²) in [6.45, 7) is 4.15. The molecule has 0 saturated carbocycles. The average Bonchev–Trinajstić information content (AvgIpc) is 2.46. The van der Waals surface area contributed by atoms with E-state index in [2.05, 4.69) is 80.6 Å². The third-order valence-corrected chi connectivity index (χ3v) is 3.72. The van der Waals surface area contributed by atoms with Gasteiger partial charge >= 0.3 is 0 Å². The van der Waals surface area contributed by atoms with E-state index in [-0.39, 0.29) is 5.54 Å². The smallest absolute Gasteiger partial charge is 0.0138 e. The van der Waals surface area contributed by atoms with Crippen molar-refractivity contribution in [3.63, 3.8) is 0 Å². The fraction of sp³-hybridized carbons (Fsp3) is 0.200. The van der Waals surface area contributed by atoms with E-state index in [0.29, 0.717) is 0 Å². The number of hydrogen-bond acceptors (Lipinski definition) is 1. The zero-order valence-electron chi connectivity index (χ0n) is 12.6. The van der Waals surface area contributed by atoms with Crippen LogP contribution in [0.15, 0.2) is 66.7 Å². The van der Waals surface area contributed by atoms with Crippen LogP contribution >= 0.6 is 0 Å². The summed E-state index contributed by atoms with van der Waals surface area (Å²) in [4.78, 5) is 0. The second kappa shape index (κ2) is 5.34. The third kappa shape index (κ3) is 3.14. The van der Waals surface area contributed by atoms with Crippen LogP contribution in [0.5, 0.6) is 0 Å². The Morgan fingerprint density at radius 1 is 0.810 bits per heavy atom. The van der Waals surface area contributed by atoms with Gasteiger partial charge in [-0.25, -0.2) is 0 Å². The van der Waals surface area contributed by atoms with Crippen LogP contribution in [0.25, 0.3) is 21.9 Å². The highest BCUT2D eigenvalue weighted by molar-refractivity contribution is 5.87. The van der Waals surface area contributed by atoms with Crippen LogP contribution in [-0.2, 0) is 6.42 Å². The molecule has 3 aromatic carbocycles. The second-order valence-corrected chi connectivity index (χ2v) is 6.38. The van der Waals surface area contributed by atoms with Crippen molar-refractivity contribution in [2.24, 2.45) is 5.73 Å². The zero-order chi connectivity index (χ0) is 14.9. The van der Waals surface area contributed by atoms with Crippen LogP contribution < -0.4 is 5.73 Å². The van der Waals surface area contributed by atoms with Crippen molar-refractivity contribution in [2.75, 3.05) is 0 Å². The Morgan fingerprint density at radius 2 is 1.48 bits per heavy atom. The SMILES string of the molecule is CC(C)(N)Cc1ccccc1-c1ccc2ccccc2c1. The summed E-state index contributed by atoms with van der Waals surface area (Å²) in [6, 6.07) is 23.7. The summed E-state index contributed by atoms with van der Waals surface area (Å²) < 4.78 is 0. The molecule has 0 atom stereocenters. The van der Waals surface area contributed by atoms with Crippen LogP contribution in [-0.4, -0.2) is 5.54 Å². The first kappa shape index (κ1) is 13.8. The Bertz CT molecular complexity index is 766. The first-order valence-corrected chi connectivity index (χ1v) is 7.39. The van der Waals surface area contributed by atoms with E-state index >= 15 is 0 Å². The maximum Gasteiger partial charge on any atom is 0.0138 e. The summed E-state index contributed by atoms with van der Waals surface area (Å²) in [7, 11) is 0. The van der Waals surface area contributed by atoms with Crippen molar-refractivity contribution in [1.82, 2.24) is 0 Å². The fourth-order valence-corrected chi connectivity index (χ4v) is 2.80. The Hall–Kier alpha value is -2.12. The quantitative estimate of drug-likeness (QED) is 0.731. The van der Waals surface area contributed by atoms with Crippen molar-refractivity contribution in [3.05, 3.63) is 72.3 Å². The standard InChI is InChI=1S/C20H21N/c1-20(2,21)14-18-9-5-6-10-19(18)17-12-11-15-7-3-4-8-16(15)13-17/h3-13H,14,21H2,1-2H3. The molecule has 0 aliphatic rings. The first-order valence-electron chi connectivity index (χ1n) is 7.39. The van der Waals surface area contributed by atoms with Crippen LogP contribution in [0.1, 0.15) is 19.4 Å². The Morgan fingerprint density at radius 3 is 2.24 bits per heavy atom. The van der Waals surface area contributed by atoms with Gasteiger partial charge in [-0.1, -0.05) is 60.7 Å². The molecular formula is C20H21N. The lowest BCUT2D eigenvalue weighted by molar-refractivity contribution is 0.517. The maximum absolute atomic E-state index is 6.20. The third-order valence-electron chi connectivity index (χ3n) is 3.72. The molecule has 0 spiro atoms. The Labute approximate surface area is 126 Å². The van der Waals surface area contributed by atoms with Gasteiger partial charge in [-0.2, -0.15) is 0 Å². The molecular weight excluding hydrogens is 254 g/mol. The molecule has 1 heteroatoms. The van der Waals surface area contributed by atoms with Crippen LogP contribution in [0.2, 0.25) is 0 Å². The minimum Gasteiger partial charge on any atom is -0.325 e. The molecule has 106 valence electrons. The van der Waals surface area contributed by atoms with E-state index in [1.165, 1.54) is 27.5 Å². The normalized spacial score (nSPS) is 11.8. The highest BCUT2D eigenvalue weighted by atomic mass is 14.7. The van der Waals surface area contributed by atoms with Crippen molar-refractivity contribution >= 4 is 10.8 Å². The number of rotatable bonds is 3.